The number of rotatable bonds is 7. The highest BCUT2D eigenvalue weighted by Gasteiger charge is 2.25. The largest absolute Gasteiger partial charge is 0.482 e. The molecule has 0 saturated carbocycles. The maximum absolute atomic E-state index is 12.2. The molecule has 154 valence electrons. The van der Waals surface area contributed by atoms with Gasteiger partial charge >= 0.3 is 5.97 Å². The first-order valence-electron chi connectivity index (χ1n) is 9.45. The molecule has 2 amide bonds. The predicted molar refractivity (Wildman–Crippen MR) is 110 cm³/mol. The summed E-state index contributed by atoms with van der Waals surface area (Å²) >= 11 is 1.36. The van der Waals surface area contributed by atoms with Crippen molar-refractivity contribution in [2.45, 2.75) is 39.5 Å². The van der Waals surface area contributed by atoms with Gasteiger partial charge in [0.25, 0.3) is 11.8 Å². The van der Waals surface area contributed by atoms with Crippen molar-refractivity contribution < 1.29 is 23.9 Å². The number of amides is 2. The average molecular weight is 416 g/mol. The number of carbonyl (C=O) groups is 3. The molecule has 3 N–H and O–H groups in total. The van der Waals surface area contributed by atoms with Crippen LogP contribution in [0.3, 0.4) is 0 Å². The Balaban J connectivity index is 1.52. The Morgan fingerprint density at radius 3 is 2.59 bits per heavy atom. The maximum Gasteiger partial charge on any atom is 0.344 e. The van der Waals surface area contributed by atoms with Gasteiger partial charge in [-0.15, -0.1) is 11.3 Å². The zero-order valence-corrected chi connectivity index (χ0v) is 17.3. The lowest BCUT2D eigenvalue weighted by Gasteiger charge is -2.11. The third-order valence-electron chi connectivity index (χ3n) is 4.87. The number of hydrogen-bond acceptors (Lipinski definition) is 6. The molecule has 1 aromatic heterocycles. The minimum Gasteiger partial charge on any atom is -0.482 e. The summed E-state index contributed by atoms with van der Waals surface area (Å²) in [7, 11) is 0. The van der Waals surface area contributed by atoms with Crippen molar-refractivity contribution in [3.8, 4) is 5.75 Å². The van der Waals surface area contributed by atoms with Crippen LogP contribution in [-0.2, 0) is 27.2 Å². The van der Waals surface area contributed by atoms with Gasteiger partial charge in [-0.1, -0.05) is 6.07 Å². The molecule has 2 aromatic rings. The number of primary amides is 1. The summed E-state index contributed by atoms with van der Waals surface area (Å²) in [5.41, 5.74) is 9.00. The first-order chi connectivity index (χ1) is 13.8. The van der Waals surface area contributed by atoms with Crippen LogP contribution in [0.1, 0.15) is 44.8 Å². The Kier molecular flexibility index (Phi) is 6.53. The summed E-state index contributed by atoms with van der Waals surface area (Å²) < 4.78 is 10.4. The number of nitrogens with two attached hydrogens (primary N) is 1. The number of benzene rings is 1. The van der Waals surface area contributed by atoms with Gasteiger partial charge in [-0.25, -0.2) is 4.79 Å². The van der Waals surface area contributed by atoms with Crippen LogP contribution in [0.25, 0.3) is 0 Å². The van der Waals surface area contributed by atoms with Gasteiger partial charge in [-0.3, -0.25) is 9.59 Å². The molecule has 0 fully saturated rings. The van der Waals surface area contributed by atoms with E-state index < -0.39 is 24.4 Å². The number of anilines is 1. The first kappa shape index (κ1) is 20.9. The predicted octanol–water partition coefficient (Wildman–Crippen LogP) is 2.90. The Hall–Kier alpha value is -2.87. The van der Waals surface area contributed by atoms with E-state index in [1.807, 2.05) is 26.0 Å². The molecule has 29 heavy (non-hydrogen) atoms. The minimum atomic E-state index is -0.654. The van der Waals surface area contributed by atoms with E-state index in [1.165, 1.54) is 11.3 Å². The van der Waals surface area contributed by atoms with E-state index in [0.29, 0.717) is 16.3 Å². The van der Waals surface area contributed by atoms with Crippen molar-refractivity contribution in [2.24, 2.45) is 5.73 Å². The van der Waals surface area contributed by atoms with E-state index in [2.05, 4.69) is 5.32 Å². The smallest absolute Gasteiger partial charge is 0.344 e. The molecule has 0 bridgehead atoms. The van der Waals surface area contributed by atoms with Gasteiger partial charge in [-0.2, -0.15) is 0 Å². The third kappa shape index (κ3) is 5.14. The van der Waals surface area contributed by atoms with Gasteiger partial charge in [0.2, 0.25) is 0 Å². The Labute approximate surface area is 173 Å². The molecular formula is C21H24N2O5S. The van der Waals surface area contributed by atoms with Crippen molar-refractivity contribution in [1.82, 2.24) is 0 Å². The number of aryl methyl sites for hydroxylation is 3. The second-order valence-electron chi connectivity index (χ2n) is 7.02. The number of esters is 1. The molecule has 1 aromatic carbocycles. The van der Waals surface area contributed by atoms with E-state index in [9.17, 15) is 14.4 Å². The zero-order chi connectivity index (χ0) is 21.0. The highest BCUT2D eigenvalue weighted by molar-refractivity contribution is 7.17. The fourth-order valence-corrected chi connectivity index (χ4v) is 4.52. The van der Waals surface area contributed by atoms with Crippen LogP contribution in [-0.4, -0.2) is 31.0 Å². The monoisotopic (exact) mass is 416 g/mol. The molecule has 0 unspecified atom stereocenters. The SMILES string of the molecule is Cc1ccc(OCC(=O)OCC(=O)Nc2sc3c(c2C(N)=O)CCCC3)cc1C. The summed E-state index contributed by atoms with van der Waals surface area (Å²) in [6.45, 7) is 3.18. The van der Waals surface area contributed by atoms with Crippen LogP contribution in [0.5, 0.6) is 5.75 Å². The third-order valence-corrected chi connectivity index (χ3v) is 6.08. The summed E-state index contributed by atoms with van der Waals surface area (Å²) in [5, 5.41) is 3.08. The minimum absolute atomic E-state index is 0.296. The molecule has 0 atom stereocenters. The molecule has 8 heteroatoms. The number of thiophene rings is 1. The zero-order valence-electron chi connectivity index (χ0n) is 16.5. The van der Waals surface area contributed by atoms with Gasteiger partial charge < -0.3 is 20.5 Å². The fraction of sp³-hybridized carbons (Fsp3) is 0.381. The Morgan fingerprint density at radius 1 is 1.10 bits per heavy atom. The molecule has 1 heterocycles. The van der Waals surface area contributed by atoms with E-state index in [-0.39, 0.29) is 6.61 Å². The molecule has 0 radical (unpaired) electrons. The normalized spacial score (nSPS) is 12.8. The van der Waals surface area contributed by atoms with Crippen LogP contribution in [0, 0.1) is 13.8 Å². The highest BCUT2D eigenvalue weighted by atomic mass is 32.1. The van der Waals surface area contributed by atoms with Crippen molar-refractivity contribution in [3.63, 3.8) is 0 Å². The van der Waals surface area contributed by atoms with Crippen molar-refractivity contribution in [2.75, 3.05) is 18.5 Å². The first-order valence-corrected chi connectivity index (χ1v) is 10.3. The quantitative estimate of drug-likeness (QED) is 0.675. The van der Waals surface area contributed by atoms with E-state index in [1.54, 1.807) is 6.07 Å². The number of fused-ring (bicyclic) bond motifs is 1. The van der Waals surface area contributed by atoms with Crippen molar-refractivity contribution in [1.29, 1.82) is 0 Å². The number of ether oxygens (including phenoxy) is 2. The molecule has 0 saturated heterocycles. The van der Waals surface area contributed by atoms with E-state index >= 15 is 0 Å². The molecule has 0 spiro atoms. The van der Waals surface area contributed by atoms with Crippen LogP contribution >= 0.6 is 11.3 Å². The lowest BCUT2D eigenvalue weighted by Crippen LogP contribution is -2.24. The molecular weight excluding hydrogens is 392 g/mol. The second-order valence-corrected chi connectivity index (χ2v) is 8.13. The molecule has 0 aliphatic heterocycles. The number of nitrogens with one attached hydrogen (secondary N) is 1. The van der Waals surface area contributed by atoms with E-state index in [0.717, 1.165) is 47.3 Å². The standard InChI is InChI=1S/C21H24N2O5S/c1-12-7-8-14(9-13(12)2)27-11-18(25)28-10-17(24)23-21-19(20(22)26)15-5-3-4-6-16(15)29-21/h7-9H,3-6,10-11H2,1-2H3,(H2,22,26)(H,23,24). The molecule has 1 aliphatic rings. The lowest BCUT2D eigenvalue weighted by atomic mass is 9.95. The van der Waals surface area contributed by atoms with Crippen LogP contribution in [0.15, 0.2) is 18.2 Å². The lowest BCUT2D eigenvalue weighted by molar-refractivity contribution is -0.149. The van der Waals surface area contributed by atoms with Crippen LogP contribution in [0.2, 0.25) is 0 Å². The summed E-state index contributed by atoms with van der Waals surface area (Å²) in [4.78, 5) is 37.0. The highest BCUT2D eigenvalue weighted by Crippen LogP contribution is 2.37. The Morgan fingerprint density at radius 2 is 1.86 bits per heavy atom. The molecule has 3 rings (SSSR count). The fourth-order valence-electron chi connectivity index (χ4n) is 3.21. The van der Waals surface area contributed by atoms with Crippen molar-refractivity contribution in [3.05, 3.63) is 45.3 Å². The summed E-state index contributed by atoms with van der Waals surface area (Å²) in [6.07, 6.45) is 3.71. The molecule has 7 nitrogen and oxygen atoms in total. The summed E-state index contributed by atoms with van der Waals surface area (Å²) in [6, 6.07) is 5.51. The van der Waals surface area contributed by atoms with Gasteiger partial charge in [-0.05, 0) is 68.4 Å². The maximum atomic E-state index is 12.2. The number of hydrogen-bond donors (Lipinski definition) is 2. The van der Waals surface area contributed by atoms with Gasteiger partial charge in [0, 0.05) is 4.88 Å². The van der Waals surface area contributed by atoms with Crippen LogP contribution < -0.4 is 15.8 Å². The summed E-state index contributed by atoms with van der Waals surface area (Å²) in [5.74, 6) is -1.17. The number of carbonyl (C=O) groups excluding carboxylic acids is 3. The van der Waals surface area contributed by atoms with Gasteiger partial charge in [0.1, 0.15) is 10.8 Å². The second kappa shape index (κ2) is 9.09. The Bertz CT molecular complexity index is 951. The van der Waals surface area contributed by atoms with Crippen molar-refractivity contribution >= 4 is 34.1 Å². The average Bonchev–Trinajstić information content (AvgIpc) is 3.05. The van der Waals surface area contributed by atoms with Crippen LogP contribution in [0.4, 0.5) is 5.00 Å². The topological polar surface area (TPSA) is 108 Å². The van der Waals surface area contributed by atoms with E-state index in [4.69, 9.17) is 15.2 Å². The van der Waals surface area contributed by atoms with Gasteiger partial charge in [0.15, 0.2) is 13.2 Å². The molecule has 1 aliphatic carbocycles. The van der Waals surface area contributed by atoms with Gasteiger partial charge in [0.05, 0.1) is 5.56 Å².